The zero-order valence-electron chi connectivity index (χ0n) is 10.4. The number of halogens is 1. The first-order chi connectivity index (χ1) is 8.11. The van der Waals surface area contributed by atoms with Gasteiger partial charge >= 0.3 is 5.97 Å². The van der Waals surface area contributed by atoms with Crippen LogP contribution in [-0.2, 0) is 16.0 Å². The van der Waals surface area contributed by atoms with Crippen molar-refractivity contribution in [2.24, 2.45) is 5.92 Å². The molecule has 0 aromatic heterocycles. The highest BCUT2D eigenvalue weighted by molar-refractivity contribution is 5.69. The van der Waals surface area contributed by atoms with Crippen LogP contribution in [0.4, 0.5) is 4.39 Å². The zero-order valence-corrected chi connectivity index (χ0v) is 10.4. The first kappa shape index (κ1) is 13.7. The lowest BCUT2D eigenvalue weighted by Crippen LogP contribution is -2.08. The SMILES string of the molecule is CCOC(=O)CC[C@H](C)Cc1ccc(F)cc1. The predicted octanol–water partition coefficient (Wildman–Crippen LogP) is 3.35. The summed E-state index contributed by atoms with van der Waals surface area (Å²) in [4.78, 5) is 11.2. The van der Waals surface area contributed by atoms with E-state index in [1.807, 2.05) is 0 Å². The maximum absolute atomic E-state index is 12.7. The van der Waals surface area contributed by atoms with Gasteiger partial charge in [-0.05, 0) is 43.4 Å². The van der Waals surface area contributed by atoms with Crippen LogP contribution in [0.1, 0.15) is 32.3 Å². The molecule has 0 saturated heterocycles. The van der Waals surface area contributed by atoms with Crippen molar-refractivity contribution < 1.29 is 13.9 Å². The summed E-state index contributed by atoms with van der Waals surface area (Å²) >= 11 is 0. The van der Waals surface area contributed by atoms with Crippen molar-refractivity contribution >= 4 is 5.97 Å². The van der Waals surface area contributed by atoms with Gasteiger partial charge in [0.05, 0.1) is 6.61 Å². The molecule has 0 N–H and O–H groups in total. The molecule has 0 fully saturated rings. The van der Waals surface area contributed by atoms with Crippen molar-refractivity contribution in [1.82, 2.24) is 0 Å². The molecule has 0 radical (unpaired) electrons. The first-order valence-corrected chi connectivity index (χ1v) is 6.02. The topological polar surface area (TPSA) is 26.3 Å². The standard InChI is InChI=1S/C14H19FO2/c1-3-17-14(16)9-4-11(2)10-12-5-7-13(15)8-6-12/h5-8,11H,3-4,9-10H2,1-2H3/t11-/m0/s1. The Balaban J connectivity index is 2.31. The summed E-state index contributed by atoms with van der Waals surface area (Å²) in [5.74, 6) is 0.0382. The number of hydrogen-bond acceptors (Lipinski definition) is 2. The van der Waals surface area contributed by atoms with E-state index in [9.17, 15) is 9.18 Å². The van der Waals surface area contributed by atoms with Crippen molar-refractivity contribution in [3.05, 3.63) is 35.6 Å². The number of carbonyl (C=O) groups is 1. The zero-order chi connectivity index (χ0) is 12.7. The van der Waals surface area contributed by atoms with Gasteiger partial charge < -0.3 is 4.74 Å². The molecule has 0 unspecified atom stereocenters. The van der Waals surface area contributed by atoms with Gasteiger partial charge in [0.15, 0.2) is 0 Å². The second-order valence-electron chi connectivity index (χ2n) is 4.28. The Morgan fingerprint density at radius 2 is 2.00 bits per heavy atom. The Morgan fingerprint density at radius 3 is 2.59 bits per heavy atom. The molecule has 0 aliphatic heterocycles. The molecule has 0 spiro atoms. The van der Waals surface area contributed by atoms with Crippen LogP contribution in [0.5, 0.6) is 0 Å². The van der Waals surface area contributed by atoms with Crippen LogP contribution >= 0.6 is 0 Å². The minimum absolute atomic E-state index is 0.140. The lowest BCUT2D eigenvalue weighted by atomic mass is 9.97. The predicted molar refractivity (Wildman–Crippen MR) is 65.1 cm³/mol. The lowest BCUT2D eigenvalue weighted by molar-refractivity contribution is -0.143. The molecule has 17 heavy (non-hydrogen) atoms. The van der Waals surface area contributed by atoms with Crippen molar-refractivity contribution in [3.8, 4) is 0 Å². The molecule has 3 heteroatoms. The fraction of sp³-hybridized carbons (Fsp3) is 0.500. The average Bonchev–Trinajstić information content (AvgIpc) is 2.30. The molecule has 1 aromatic carbocycles. The summed E-state index contributed by atoms with van der Waals surface area (Å²) in [6, 6.07) is 6.51. The molecule has 0 saturated carbocycles. The maximum Gasteiger partial charge on any atom is 0.305 e. The molecular formula is C14H19FO2. The third kappa shape index (κ3) is 5.48. The van der Waals surface area contributed by atoms with E-state index in [2.05, 4.69) is 6.92 Å². The summed E-state index contributed by atoms with van der Waals surface area (Å²) in [6.45, 7) is 4.33. The molecule has 0 bridgehead atoms. The molecule has 0 heterocycles. The Kier molecular flexibility index (Phi) is 5.67. The normalized spacial score (nSPS) is 12.2. The molecule has 1 atom stereocenters. The summed E-state index contributed by atoms with van der Waals surface area (Å²) in [5, 5.41) is 0. The van der Waals surface area contributed by atoms with Gasteiger partial charge in [-0.3, -0.25) is 4.79 Å². The van der Waals surface area contributed by atoms with Crippen LogP contribution in [0, 0.1) is 11.7 Å². The van der Waals surface area contributed by atoms with Gasteiger partial charge in [0.25, 0.3) is 0 Å². The third-order valence-corrected chi connectivity index (χ3v) is 2.64. The average molecular weight is 238 g/mol. The largest absolute Gasteiger partial charge is 0.466 e. The number of rotatable bonds is 6. The van der Waals surface area contributed by atoms with E-state index in [0.717, 1.165) is 18.4 Å². The van der Waals surface area contributed by atoms with Crippen molar-refractivity contribution in [3.63, 3.8) is 0 Å². The van der Waals surface area contributed by atoms with Gasteiger partial charge in [-0.2, -0.15) is 0 Å². The quantitative estimate of drug-likeness (QED) is 0.710. The van der Waals surface area contributed by atoms with Crippen LogP contribution < -0.4 is 0 Å². The number of esters is 1. The maximum atomic E-state index is 12.7. The molecule has 1 aromatic rings. The minimum atomic E-state index is -0.215. The second-order valence-corrected chi connectivity index (χ2v) is 4.28. The van der Waals surface area contributed by atoms with Crippen molar-refractivity contribution in [1.29, 1.82) is 0 Å². The molecule has 0 aliphatic carbocycles. The number of hydrogen-bond donors (Lipinski definition) is 0. The lowest BCUT2D eigenvalue weighted by Gasteiger charge is -2.10. The highest BCUT2D eigenvalue weighted by atomic mass is 19.1. The first-order valence-electron chi connectivity index (χ1n) is 6.02. The number of benzene rings is 1. The minimum Gasteiger partial charge on any atom is -0.466 e. The van der Waals surface area contributed by atoms with Gasteiger partial charge in [0.2, 0.25) is 0 Å². The summed E-state index contributed by atoms with van der Waals surface area (Å²) in [5.41, 5.74) is 1.10. The fourth-order valence-corrected chi connectivity index (χ4v) is 1.72. The van der Waals surface area contributed by atoms with Gasteiger partial charge in [0, 0.05) is 6.42 Å². The Bertz CT molecular complexity index is 346. The van der Waals surface area contributed by atoms with Crippen LogP contribution in [0.2, 0.25) is 0 Å². The van der Waals surface area contributed by atoms with Gasteiger partial charge in [-0.1, -0.05) is 19.1 Å². The van der Waals surface area contributed by atoms with Gasteiger partial charge in [-0.15, -0.1) is 0 Å². The highest BCUT2D eigenvalue weighted by Crippen LogP contribution is 2.14. The summed E-state index contributed by atoms with van der Waals surface area (Å²) in [6.07, 6.45) is 2.12. The summed E-state index contributed by atoms with van der Waals surface area (Å²) in [7, 11) is 0. The van der Waals surface area contributed by atoms with E-state index in [4.69, 9.17) is 4.74 Å². The molecular weight excluding hydrogens is 219 g/mol. The number of carbonyl (C=O) groups excluding carboxylic acids is 1. The molecule has 0 aliphatic rings. The monoisotopic (exact) mass is 238 g/mol. The van der Waals surface area contributed by atoms with Crippen LogP contribution in [0.25, 0.3) is 0 Å². The highest BCUT2D eigenvalue weighted by Gasteiger charge is 2.08. The Labute approximate surface area is 102 Å². The van der Waals surface area contributed by atoms with Crippen molar-refractivity contribution in [2.45, 2.75) is 33.1 Å². The third-order valence-electron chi connectivity index (χ3n) is 2.64. The van der Waals surface area contributed by atoms with Crippen LogP contribution in [0.3, 0.4) is 0 Å². The van der Waals surface area contributed by atoms with E-state index in [-0.39, 0.29) is 11.8 Å². The van der Waals surface area contributed by atoms with Gasteiger partial charge in [-0.25, -0.2) is 4.39 Å². The van der Waals surface area contributed by atoms with Crippen molar-refractivity contribution in [2.75, 3.05) is 6.61 Å². The Morgan fingerprint density at radius 1 is 1.35 bits per heavy atom. The summed E-state index contributed by atoms with van der Waals surface area (Å²) < 4.78 is 17.6. The number of ether oxygens (including phenoxy) is 1. The second kappa shape index (κ2) is 7.05. The van der Waals surface area contributed by atoms with E-state index >= 15 is 0 Å². The van der Waals surface area contributed by atoms with E-state index in [1.165, 1.54) is 12.1 Å². The van der Waals surface area contributed by atoms with Crippen LogP contribution in [0.15, 0.2) is 24.3 Å². The fourth-order valence-electron chi connectivity index (χ4n) is 1.72. The van der Waals surface area contributed by atoms with Crippen LogP contribution in [-0.4, -0.2) is 12.6 Å². The smallest absolute Gasteiger partial charge is 0.305 e. The van der Waals surface area contributed by atoms with Gasteiger partial charge in [0.1, 0.15) is 5.82 Å². The Hall–Kier alpha value is -1.38. The molecule has 1 rings (SSSR count). The molecule has 2 nitrogen and oxygen atoms in total. The van der Waals surface area contributed by atoms with E-state index in [0.29, 0.717) is 18.9 Å². The molecule has 94 valence electrons. The molecule has 0 amide bonds. The van der Waals surface area contributed by atoms with E-state index < -0.39 is 0 Å². The van der Waals surface area contributed by atoms with E-state index in [1.54, 1.807) is 19.1 Å².